The van der Waals surface area contributed by atoms with E-state index in [0.29, 0.717) is 10.5 Å². The van der Waals surface area contributed by atoms with Crippen LogP contribution in [0.4, 0.5) is 8.78 Å². The molecule has 13 heteroatoms. The molecule has 5 atom stereocenters. The molecular weight excluding hydrogens is 492 g/mol. The number of nitriles is 1. The van der Waals surface area contributed by atoms with Gasteiger partial charge >= 0.3 is 0 Å². The minimum atomic E-state index is -1.25. The number of nitrogens with zero attached hydrogens (tertiary/aromatic N) is 5. The topological polar surface area (TPSA) is 126 Å². The van der Waals surface area contributed by atoms with Gasteiger partial charge in [-0.05, 0) is 18.2 Å². The second-order valence-corrected chi connectivity index (χ2v) is 8.93. The molecule has 0 saturated carbocycles. The molecule has 9 nitrogen and oxygen atoms in total. The van der Waals surface area contributed by atoms with E-state index in [1.165, 1.54) is 35.9 Å². The van der Waals surface area contributed by atoms with Crippen LogP contribution in [0.2, 0.25) is 5.02 Å². The summed E-state index contributed by atoms with van der Waals surface area (Å²) in [6.45, 7) is -0.489. The van der Waals surface area contributed by atoms with Gasteiger partial charge in [0.25, 0.3) is 0 Å². The molecule has 0 spiro atoms. The molecule has 2 N–H and O–H groups in total. The molecule has 4 rings (SSSR count). The third-order valence-electron chi connectivity index (χ3n) is 5.29. The molecule has 178 valence electrons. The van der Waals surface area contributed by atoms with E-state index in [9.17, 15) is 19.0 Å². The van der Waals surface area contributed by atoms with E-state index in [4.69, 9.17) is 26.3 Å². The summed E-state index contributed by atoms with van der Waals surface area (Å²) in [6, 6.07) is 4.81. The zero-order chi connectivity index (χ0) is 24.4. The molecule has 1 fully saturated rings. The van der Waals surface area contributed by atoms with Crippen molar-refractivity contribution in [3.05, 3.63) is 59.0 Å². The van der Waals surface area contributed by atoms with Crippen molar-refractivity contribution in [3.63, 3.8) is 0 Å². The molecule has 34 heavy (non-hydrogen) atoms. The highest BCUT2D eigenvalue weighted by Gasteiger charge is 2.47. The van der Waals surface area contributed by atoms with Gasteiger partial charge in [-0.2, -0.15) is 5.26 Å². The van der Waals surface area contributed by atoms with Gasteiger partial charge in [-0.3, -0.25) is 4.98 Å². The summed E-state index contributed by atoms with van der Waals surface area (Å²) >= 11 is 6.75. The summed E-state index contributed by atoms with van der Waals surface area (Å²) in [5.41, 5.74) is -0.137. The van der Waals surface area contributed by atoms with Gasteiger partial charge in [0.05, 0.1) is 18.4 Å². The number of benzene rings is 1. The number of thioether (sulfide) groups is 1. The van der Waals surface area contributed by atoms with Crippen LogP contribution in [-0.4, -0.2) is 67.7 Å². The SMILES string of the molecule is CO[C@@H]1[C@@H](n2cc(-c3cc(F)c(Cl)c(F)c3)nn2)[C@@H](O)[C@@H](CO)O[C@@H]1Sc1cncc(C#N)c1. The Hall–Kier alpha value is -2.66. The third-order valence-corrected chi connectivity index (χ3v) is 6.75. The van der Waals surface area contributed by atoms with Crippen LogP contribution in [-0.2, 0) is 9.47 Å². The third kappa shape index (κ3) is 4.76. The number of hydrogen-bond donors (Lipinski definition) is 2. The number of methoxy groups -OCH3 is 1. The van der Waals surface area contributed by atoms with Crippen LogP contribution >= 0.6 is 23.4 Å². The molecule has 1 aliphatic rings. The minimum absolute atomic E-state index is 0.102. The Morgan fingerprint density at radius 1 is 1.29 bits per heavy atom. The minimum Gasteiger partial charge on any atom is -0.394 e. The Kier molecular flexibility index (Phi) is 7.42. The van der Waals surface area contributed by atoms with Crippen molar-refractivity contribution in [3.8, 4) is 17.3 Å². The standard InChI is InChI=1S/C21H18ClF2N5O4S/c1-32-20-18(29-8-15(27-28-29)11-3-13(23)17(22)14(24)4-11)19(31)16(9-30)33-21(20)34-12-2-10(5-25)6-26-7-12/h2-4,6-8,16,18-21,30-31H,9H2,1H3/t16-,18+,19+,20-,21-/m1/s1. The van der Waals surface area contributed by atoms with Crippen LogP contribution in [0.15, 0.2) is 41.7 Å². The fraction of sp³-hybridized carbons (Fsp3) is 0.333. The van der Waals surface area contributed by atoms with Crippen molar-refractivity contribution in [2.75, 3.05) is 13.7 Å². The molecule has 0 aliphatic carbocycles. The number of ether oxygens (including phenoxy) is 2. The summed E-state index contributed by atoms with van der Waals surface area (Å²) in [7, 11) is 1.42. The van der Waals surface area contributed by atoms with Crippen LogP contribution in [0, 0.1) is 23.0 Å². The number of aliphatic hydroxyl groups excluding tert-OH is 2. The molecule has 1 aromatic carbocycles. The number of rotatable bonds is 6. The lowest BCUT2D eigenvalue weighted by Gasteiger charge is -2.43. The predicted octanol–water partition coefficient (Wildman–Crippen LogP) is 2.57. The van der Waals surface area contributed by atoms with E-state index < -0.39 is 53.1 Å². The van der Waals surface area contributed by atoms with E-state index in [2.05, 4.69) is 15.3 Å². The summed E-state index contributed by atoms with van der Waals surface area (Å²) in [5, 5.41) is 37.2. The second-order valence-electron chi connectivity index (χ2n) is 7.38. The van der Waals surface area contributed by atoms with Gasteiger partial charge in [0.15, 0.2) is 0 Å². The van der Waals surface area contributed by atoms with Gasteiger partial charge < -0.3 is 19.7 Å². The first-order chi connectivity index (χ1) is 16.4. The highest BCUT2D eigenvalue weighted by atomic mass is 35.5. The second kappa shape index (κ2) is 10.3. The first-order valence-electron chi connectivity index (χ1n) is 9.92. The summed E-state index contributed by atoms with van der Waals surface area (Å²) < 4.78 is 40.6. The Balaban J connectivity index is 1.67. The molecule has 3 aromatic rings. The monoisotopic (exact) mass is 509 g/mol. The lowest BCUT2D eigenvalue weighted by Crippen LogP contribution is -2.55. The van der Waals surface area contributed by atoms with Gasteiger partial charge in [0.2, 0.25) is 0 Å². The smallest absolute Gasteiger partial charge is 0.145 e. The molecular formula is C21H18ClF2N5O4S. The number of halogens is 3. The summed E-state index contributed by atoms with van der Waals surface area (Å²) in [5.74, 6) is -1.89. The maximum atomic E-state index is 13.9. The highest BCUT2D eigenvalue weighted by Crippen LogP contribution is 2.39. The van der Waals surface area contributed by atoms with E-state index in [0.717, 1.165) is 12.1 Å². The first kappa shape index (κ1) is 24.5. The fourth-order valence-electron chi connectivity index (χ4n) is 3.65. The maximum Gasteiger partial charge on any atom is 0.145 e. The van der Waals surface area contributed by atoms with Crippen molar-refractivity contribution in [1.29, 1.82) is 5.26 Å². The molecule has 2 aromatic heterocycles. The highest BCUT2D eigenvalue weighted by molar-refractivity contribution is 7.99. The van der Waals surface area contributed by atoms with Gasteiger partial charge in [-0.15, -0.1) is 5.10 Å². The van der Waals surface area contributed by atoms with Gasteiger partial charge in [0, 0.05) is 30.0 Å². The first-order valence-corrected chi connectivity index (χ1v) is 11.2. The fourth-order valence-corrected chi connectivity index (χ4v) is 4.94. The van der Waals surface area contributed by atoms with Crippen LogP contribution in [0.25, 0.3) is 11.3 Å². The Morgan fingerprint density at radius 3 is 2.68 bits per heavy atom. The normalized spacial score (nSPS) is 24.7. The van der Waals surface area contributed by atoms with Crippen LogP contribution < -0.4 is 0 Å². The number of hydrogen-bond acceptors (Lipinski definition) is 9. The molecule has 0 radical (unpaired) electrons. The molecule has 1 aliphatic heterocycles. The van der Waals surface area contributed by atoms with E-state index in [1.807, 2.05) is 6.07 Å². The zero-order valence-corrected chi connectivity index (χ0v) is 19.1. The van der Waals surface area contributed by atoms with Crippen molar-refractivity contribution < 1.29 is 28.5 Å². The van der Waals surface area contributed by atoms with E-state index in [-0.39, 0.29) is 11.3 Å². The van der Waals surface area contributed by atoms with E-state index in [1.54, 1.807) is 12.3 Å². The molecule has 0 bridgehead atoms. The van der Waals surface area contributed by atoms with Gasteiger partial charge in [-0.25, -0.2) is 13.5 Å². The quantitative estimate of drug-likeness (QED) is 0.482. The van der Waals surface area contributed by atoms with Gasteiger partial charge in [-0.1, -0.05) is 28.6 Å². The average molecular weight is 510 g/mol. The molecule has 3 heterocycles. The van der Waals surface area contributed by atoms with Crippen molar-refractivity contribution in [2.45, 2.75) is 34.7 Å². The van der Waals surface area contributed by atoms with Crippen LogP contribution in [0.1, 0.15) is 11.6 Å². The average Bonchev–Trinajstić information content (AvgIpc) is 3.32. The number of pyridine rings is 1. The number of aliphatic hydroxyl groups is 2. The lowest BCUT2D eigenvalue weighted by molar-refractivity contribution is -0.186. The summed E-state index contributed by atoms with van der Waals surface area (Å²) in [6.07, 6.45) is 1.35. The largest absolute Gasteiger partial charge is 0.394 e. The lowest BCUT2D eigenvalue weighted by atomic mass is 9.97. The zero-order valence-electron chi connectivity index (χ0n) is 17.5. The summed E-state index contributed by atoms with van der Waals surface area (Å²) in [4.78, 5) is 4.64. The molecule has 0 amide bonds. The van der Waals surface area contributed by atoms with Crippen LogP contribution in [0.5, 0.6) is 0 Å². The predicted molar refractivity (Wildman–Crippen MR) is 117 cm³/mol. The Bertz CT molecular complexity index is 1200. The van der Waals surface area contributed by atoms with Crippen LogP contribution in [0.3, 0.4) is 0 Å². The van der Waals surface area contributed by atoms with Gasteiger partial charge in [0.1, 0.15) is 58.2 Å². The van der Waals surface area contributed by atoms with Crippen molar-refractivity contribution >= 4 is 23.4 Å². The Labute approximate surface area is 201 Å². The molecule has 0 unspecified atom stereocenters. The number of aromatic nitrogens is 4. The van der Waals surface area contributed by atoms with Crippen molar-refractivity contribution in [2.24, 2.45) is 0 Å². The Morgan fingerprint density at radius 2 is 2.03 bits per heavy atom. The van der Waals surface area contributed by atoms with Crippen molar-refractivity contribution in [1.82, 2.24) is 20.0 Å². The van der Waals surface area contributed by atoms with E-state index >= 15 is 0 Å². The maximum absolute atomic E-state index is 13.9. The molecule has 1 saturated heterocycles.